The number of fused-ring (bicyclic) bond motifs is 1. The number of imide groups is 1. The molecule has 2 aliphatic rings. The van der Waals surface area contributed by atoms with Gasteiger partial charge >= 0.3 is 6.03 Å². The summed E-state index contributed by atoms with van der Waals surface area (Å²) in [5.41, 5.74) is 0.676. The minimum absolute atomic E-state index is 0.122. The third-order valence-corrected chi connectivity index (χ3v) is 6.12. The van der Waals surface area contributed by atoms with Gasteiger partial charge in [-0.2, -0.15) is 0 Å². The lowest BCUT2D eigenvalue weighted by atomic mass is 10.2. The molecule has 3 amide bonds. The first-order chi connectivity index (χ1) is 15.3. The average Bonchev–Trinajstić information content (AvgIpc) is 3.13. The maximum absolute atomic E-state index is 13.9. The fraction of sp³-hybridized carbons (Fsp3) is 0. The highest BCUT2D eigenvalue weighted by atomic mass is 35.5. The summed E-state index contributed by atoms with van der Waals surface area (Å²) in [6.07, 6.45) is 0. The van der Waals surface area contributed by atoms with E-state index in [2.05, 4.69) is 5.32 Å². The largest absolute Gasteiger partial charge is 0.454 e. The summed E-state index contributed by atoms with van der Waals surface area (Å²) in [4.78, 5) is 25.4. The van der Waals surface area contributed by atoms with E-state index in [1.807, 2.05) is 35.0 Å². The van der Waals surface area contributed by atoms with Crippen molar-refractivity contribution in [3.63, 3.8) is 0 Å². The second-order valence-corrected chi connectivity index (χ2v) is 8.63. The Morgan fingerprint density at radius 1 is 0.938 bits per heavy atom. The quantitative estimate of drug-likeness (QED) is 0.296. The van der Waals surface area contributed by atoms with Gasteiger partial charge in [-0.25, -0.2) is 9.18 Å². The summed E-state index contributed by atoms with van der Waals surface area (Å²) >= 11 is 20.0. The zero-order valence-corrected chi connectivity index (χ0v) is 19.0. The zero-order valence-electron chi connectivity index (χ0n) is 15.9. The number of hydrogen-bond acceptors (Lipinski definition) is 4. The summed E-state index contributed by atoms with van der Waals surface area (Å²) in [5, 5.41) is 6.55. The van der Waals surface area contributed by atoms with Gasteiger partial charge in [0.05, 0.1) is 20.6 Å². The lowest BCUT2D eigenvalue weighted by Gasteiger charge is -2.13. The van der Waals surface area contributed by atoms with Crippen LogP contribution in [0.5, 0.6) is 11.5 Å². The molecule has 2 aromatic carbocycles. The Balaban J connectivity index is 1.48. The second-order valence-electron chi connectivity index (χ2n) is 6.46. The number of hydrogen-bond donors (Lipinski definition) is 2. The first kappa shape index (κ1) is 22.4. The molecule has 4 rings (SSSR count). The maximum Gasteiger partial charge on any atom is 0.326 e. The van der Waals surface area contributed by atoms with Crippen LogP contribution < -0.4 is 15.4 Å². The van der Waals surface area contributed by atoms with Crippen molar-refractivity contribution in [1.82, 2.24) is 5.32 Å². The van der Waals surface area contributed by atoms with Gasteiger partial charge in [0.2, 0.25) is 0 Å². The molecule has 162 valence electrons. The third-order valence-electron chi connectivity index (χ3n) is 4.34. The Bertz CT molecular complexity index is 1270. The summed E-state index contributed by atoms with van der Waals surface area (Å²) in [6, 6.07) is 13.2. The second kappa shape index (κ2) is 9.34. The standard InChI is InChI=1S/C22H12Cl3FN2O3S/c23-13-4-1-5-16(26)19(13)21(29)28-22(30)27-11-9-14(24)20(15(25)10-11)31-17-6-7-18-12(17)3-2-8-32-18/h1-10H,(H2,27,28,29,30). The molecule has 0 radical (unpaired) electrons. The molecular formula is C22H12Cl3FN2O3S. The van der Waals surface area contributed by atoms with Crippen molar-refractivity contribution in [3.05, 3.63) is 86.4 Å². The molecule has 2 aromatic rings. The SMILES string of the molecule is O=C(NC(=O)c1c(F)cccc1Cl)Nc1cc(Cl)c(Oc2ccc3scccc2-3)c(Cl)c1. The van der Waals surface area contributed by atoms with Gasteiger partial charge in [-0.05, 0) is 47.8 Å². The number of nitrogens with one attached hydrogen (secondary N) is 2. The molecule has 10 heteroatoms. The van der Waals surface area contributed by atoms with Gasteiger partial charge in [0, 0.05) is 16.1 Å². The van der Waals surface area contributed by atoms with Crippen molar-refractivity contribution < 1.29 is 18.7 Å². The van der Waals surface area contributed by atoms with Crippen LogP contribution in [-0.2, 0) is 0 Å². The number of amides is 3. The van der Waals surface area contributed by atoms with Crippen molar-refractivity contribution in [2.75, 3.05) is 5.32 Å². The van der Waals surface area contributed by atoms with Crippen LogP contribution in [-0.4, -0.2) is 11.9 Å². The summed E-state index contributed by atoms with van der Waals surface area (Å²) in [7, 11) is 0. The molecule has 0 atom stereocenters. The Labute approximate surface area is 201 Å². The Hall–Kier alpha value is -2.84. The molecule has 0 fully saturated rings. The van der Waals surface area contributed by atoms with Crippen LogP contribution in [0.3, 0.4) is 0 Å². The van der Waals surface area contributed by atoms with Gasteiger partial charge in [0.1, 0.15) is 11.6 Å². The van der Waals surface area contributed by atoms with Gasteiger partial charge in [0.25, 0.3) is 5.91 Å². The topological polar surface area (TPSA) is 67.4 Å². The Morgan fingerprint density at radius 3 is 2.41 bits per heavy atom. The van der Waals surface area contributed by atoms with Gasteiger partial charge in [-0.3, -0.25) is 10.1 Å². The van der Waals surface area contributed by atoms with E-state index in [4.69, 9.17) is 39.5 Å². The smallest absolute Gasteiger partial charge is 0.326 e. The van der Waals surface area contributed by atoms with E-state index < -0.39 is 23.3 Å². The molecule has 0 bridgehead atoms. The normalized spacial score (nSPS) is 10.8. The minimum Gasteiger partial charge on any atom is -0.454 e. The summed E-state index contributed by atoms with van der Waals surface area (Å²) in [5.74, 6) is -1.04. The monoisotopic (exact) mass is 508 g/mol. The molecule has 1 aliphatic heterocycles. The molecule has 0 unspecified atom stereocenters. The predicted octanol–water partition coefficient (Wildman–Crippen LogP) is 7.71. The van der Waals surface area contributed by atoms with Crippen molar-refractivity contribution in [2.45, 2.75) is 0 Å². The van der Waals surface area contributed by atoms with Crippen LogP contribution in [0.2, 0.25) is 15.1 Å². The number of carbonyl (C=O) groups excluding carboxylic acids is 2. The van der Waals surface area contributed by atoms with Crippen LogP contribution in [0.25, 0.3) is 10.4 Å². The number of anilines is 1. The van der Waals surface area contributed by atoms with Crippen molar-refractivity contribution >= 4 is 63.8 Å². The number of rotatable bonds is 4. The highest BCUT2D eigenvalue weighted by Crippen LogP contribution is 2.44. The summed E-state index contributed by atoms with van der Waals surface area (Å²) in [6.45, 7) is 0. The maximum atomic E-state index is 13.9. The number of ether oxygens (including phenoxy) is 1. The zero-order chi connectivity index (χ0) is 22.8. The van der Waals surface area contributed by atoms with Crippen LogP contribution in [0.4, 0.5) is 14.9 Å². The van der Waals surface area contributed by atoms with E-state index in [0.29, 0.717) is 5.75 Å². The first-order valence-corrected chi connectivity index (χ1v) is 11.0. The van der Waals surface area contributed by atoms with Gasteiger partial charge in [-0.15, -0.1) is 11.3 Å². The molecule has 0 spiro atoms. The number of carbonyl (C=O) groups is 2. The third kappa shape index (κ3) is 4.66. The van der Waals surface area contributed by atoms with Crippen LogP contribution >= 0.6 is 46.1 Å². The van der Waals surface area contributed by atoms with E-state index in [-0.39, 0.29) is 26.5 Å². The van der Waals surface area contributed by atoms with Crippen LogP contribution in [0.15, 0.2) is 60.0 Å². The van der Waals surface area contributed by atoms with Gasteiger partial charge < -0.3 is 10.1 Å². The first-order valence-electron chi connectivity index (χ1n) is 9.03. The summed E-state index contributed by atoms with van der Waals surface area (Å²) < 4.78 is 19.8. The molecule has 0 aromatic heterocycles. The van der Waals surface area contributed by atoms with E-state index in [0.717, 1.165) is 16.5 Å². The number of halogens is 4. The van der Waals surface area contributed by atoms with E-state index >= 15 is 0 Å². The van der Waals surface area contributed by atoms with Crippen molar-refractivity contribution in [2.24, 2.45) is 0 Å². The van der Waals surface area contributed by atoms with Crippen LogP contribution in [0.1, 0.15) is 10.4 Å². The fourth-order valence-corrected chi connectivity index (χ4v) is 4.50. The highest BCUT2D eigenvalue weighted by molar-refractivity contribution is 7.13. The number of benzene rings is 2. The Kier molecular flexibility index (Phi) is 6.53. The van der Waals surface area contributed by atoms with E-state index in [9.17, 15) is 14.0 Å². The van der Waals surface area contributed by atoms with Crippen molar-refractivity contribution in [3.8, 4) is 21.9 Å². The molecule has 2 N–H and O–H groups in total. The van der Waals surface area contributed by atoms with E-state index in [1.54, 1.807) is 11.3 Å². The lowest BCUT2D eigenvalue weighted by Crippen LogP contribution is -2.35. The molecule has 5 nitrogen and oxygen atoms in total. The molecule has 1 heterocycles. The number of urea groups is 1. The highest BCUT2D eigenvalue weighted by Gasteiger charge is 2.20. The lowest BCUT2D eigenvalue weighted by molar-refractivity contribution is 0.0963. The minimum atomic E-state index is -0.994. The van der Waals surface area contributed by atoms with Gasteiger partial charge in [0.15, 0.2) is 5.75 Å². The molecule has 1 aliphatic carbocycles. The molecular weight excluding hydrogens is 498 g/mol. The molecule has 32 heavy (non-hydrogen) atoms. The van der Waals surface area contributed by atoms with E-state index in [1.165, 1.54) is 24.3 Å². The molecule has 0 saturated heterocycles. The predicted molar refractivity (Wildman–Crippen MR) is 125 cm³/mol. The van der Waals surface area contributed by atoms with Gasteiger partial charge in [-0.1, -0.05) is 46.9 Å². The molecule has 0 saturated carbocycles. The van der Waals surface area contributed by atoms with Crippen molar-refractivity contribution in [1.29, 1.82) is 0 Å². The fourth-order valence-electron chi connectivity index (χ4n) is 2.94. The average molecular weight is 510 g/mol. The Morgan fingerprint density at radius 2 is 1.69 bits per heavy atom. The van der Waals surface area contributed by atoms with Crippen LogP contribution in [0, 0.1) is 5.82 Å².